The summed E-state index contributed by atoms with van der Waals surface area (Å²) in [6.07, 6.45) is 2.69. The lowest BCUT2D eigenvalue weighted by Gasteiger charge is -2.19. The third-order valence-electron chi connectivity index (χ3n) is 4.76. The highest BCUT2D eigenvalue weighted by molar-refractivity contribution is 6.04. The Hall–Kier alpha value is -2.67. The summed E-state index contributed by atoms with van der Waals surface area (Å²) in [6, 6.07) is 9.62. The van der Waals surface area contributed by atoms with Crippen LogP contribution in [0.2, 0.25) is 0 Å². The van der Waals surface area contributed by atoms with Gasteiger partial charge in [-0.2, -0.15) is 10.2 Å². The number of aryl methyl sites for hydroxylation is 1. The van der Waals surface area contributed by atoms with Crippen LogP contribution in [-0.4, -0.2) is 39.0 Å². The molecule has 0 bridgehead atoms. The summed E-state index contributed by atoms with van der Waals surface area (Å²) in [7, 11) is 0. The Morgan fingerprint density at radius 1 is 1.40 bits per heavy atom. The smallest absolute Gasteiger partial charge is 0.272 e. The molecule has 4 rings (SSSR count). The standard InChI is InChI=1S/C18H21N5O2/c1-2-23-15(7-9-20-23)17-12(8-10-25-17)11-19-18(24)16-13-5-3-4-6-14(13)21-22-16/h3-7,9,12,17H,2,8,10-11H2,1H3,(H,19,24)(H,21,22)/t12-,17+/m0/s1. The number of rotatable bonds is 5. The maximum absolute atomic E-state index is 12.5. The van der Waals surface area contributed by atoms with Crippen LogP contribution >= 0.6 is 0 Å². The van der Waals surface area contributed by atoms with Gasteiger partial charge in [-0.15, -0.1) is 0 Å². The van der Waals surface area contributed by atoms with Crippen LogP contribution in [0.5, 0.6) is 0 Å². The number of hydrogen-bond acceptors (Lipinski definition) is 4. The maximum atomic E-state index is 12.5. The van der Waals surface area contributed by atoms with Crippen LogP contribution in [0.4, 0.5) is 0 Å². The molecule has 1 saturated heterocycles. The Kier molecular flexibility index (Phi) is 4.23. The molecular formula is C18H21N5O2. The van der Waals surface area contributed by atoms with Crippen molar-refractivity contribution in [2.45, 2.75) is 26.0 Å². The minimum absolute atomic E-state index is 0.0290. The molecule has 0 unspecified atom stereocenters. The van der Waals surface area contributed by atoms with Crippen molar-refractivity contribution in [1.82, 2.24) is 25.3 Å². The lowest BCUT2D eigenvalue weighted by atomic mass is 9.98. The van der Waals surface area contributed by atoms with E-state index in [0.717, 1.165) is 29.6 Å². The van der Waals surface area contributed by atoms with Gasteiger partial charge < -0.3 is 10.1 Å². The van der Waals surface area contributed by atoms with Crippen molar-refractivity contribution in [1.29, 1.82) is 0 Å². The molecule has 25 heavy (non-hydrogen) atoms. The van der Waals surface area contributed by atoms with E-state index in [0.29, 0.717) is 18.8 Å². The van der Waals surface area contributed by atoms with Crippen LogP contribution in [0.1, 0.15) is 35.6 Å². The average Bonchev–Trinajstić information content (AvgIpc) is 3.37. The normalized spacial score (nSPS) is 20.2. The summed E-state index contributed by atoms with van der Waals surface area (Å²) in [5, 5.41) is 15.2. The van der Waals surface area contributed by atoms with E-state index in [2.05, 4.69) is 27.5 Å². The van der Waals surface area contributed by atoms with Crippen molar-refractivity contribution < 1.29 is 9.53 Å². The van der Waals surface area contributed by atoms with Crippen molar-refractivity contribution in [2.75, 3.05) is 13.2 Å². The van der Waals surface area contributed by atoms with E-state index in [-0.39, 0.29) is 17.9 Å². The molecule has 2 aromatic heterocycles. The molecule has 1 fully saturated rings. The minimum atomic E-state index is -0.160. The number of carbonyl (C=O) groups is 1. The van der Waals surface area contributed by atoms with Crippen molar-refractivity contribution >= 4 is 16.8 Å². The van der Waals surface area contributed by atoms with Gasteiger partial charge in [0.15, 0.2) is 5.69 Å². The molecule has 1 amide bonds. The largest absolute Gasteiger partial charge is 0.372 e. The highest BCUT2D eigenvalue weighted by Gasteiger charge is 2.32. The maximum Gasteiger partial charge on any atom is 0.272 e. The summed E-state index contributed by atoms with van der Waals surface area (Å²) in [5.41, 5.74) is 2.37. The number of carbonyl (C=O) groups excluding carboxylic acids is 1. The van der Waals surface area contributed by atoms with Gasteiger partial charge in [0.05, 0.1) is 11.2 Å². The van der Waals surface area contributed by atoms with Crippen molar-refractivity contribution in [3.05, 3.63) is 47.9 Å². The molecule has 7 nitrogen and oxygen atoms in total. The Morgan fingerprint density at radius 3 is 3.16 bits per heavy atom. The topological polar surface area (TPSA) is 84.8 Å². The predicted molar refractivity (Wildman–Crippen MR) is 93.1 cm³/mol. The molecule has 2 atom stereocenters. The van der Waals surface area contributed by atoms with E-state index in [1.165, 1.54) is 0 Å². The Morgan fingerprint density at radius 2 is 2.28 bits per heavy atom. The SMILES string of the molecule is CCn1nccc1[C@@H]1OCC[C@H]1CNC(=O)c1n[nH]c2ccccc12. The fourth-order valence-corrected chi connectivity index (χ4v) is 3.46. The second-order valence-corrected chi connectivity index (χ2v) is 6.24. The molecule has 0 radical (unpaired) electrons. The predicted octanol–water partition coefficient (Wildman–Crippen LogP) is 2.29. The first-order valence-corrected chi connectivity index (χ1v) is 8.62. The third kappa shape index (κ3) is 2.91. The molecule has 2 N–H and O–H groups in total. The van der Waals surface area contributed by atoms with Crippen molar-refractivity contribution in [3.63, 3.8) is 0 Å². The number of aromatic amines is 1. The molecule has 1 aliphatic heterocycles. The summed E-state index contributed by atoms with van der Waals surface area (Å²) in [6.45, 7) is 4.12. The van der Waals surface area contributed by atoms with Crippen LogP contribution in [0.25, 0.3) is 10.9 Å². The first-order valence-electron chi connectivity index (χ1n) is 8.62. The zero-order valence-corrected chi connectivity index (χ0v) is 14.1. The van der Waals surface area contributed by atoms with E-state index < -0.39 is 0 Å². The molecule has 130 valence electrons. The zero-order valence-electron chi connectivity index (χ0n) is 14.1. The molecule has 0 aliphatic carbocycles. The first-order chi connectivity index (χ1) is 12.3. The van der Waals surface area contributed by atoms with E-state index in [1.807, 2.05) is 35.0 Å². The second kappa shape index (κ2) is 6.68. The molecule has 0 saturated carbocycles. The van der Waals surface area contributed by atoms with Gasteiger partial charge in [-0.3, -0.25) is 14.6 Å². The highest BCUT2D eigenvalue weighted by Crippen LogP contribution is 2.34. The first kappa shape index (κ1) is 15.8. The van der Waals surface area contributed by atoms with Gasteiger partial charge in [0.25, 0.3) is 5.91 Å². The molecular weight excluding hydrogens is 318 g/mol. The van der Waals surface area contributed by atoms with Gasteiger partial charge in [0, 0.05) is 37.2 Å². The van der Waals surface area contributed by atoms with Crippen LogP contribution in [0.3, 0.4) is 0 Å². The molecule has 7 heteroatoms. The number of nitrogens with zero attached hydrogens (tertiary/aromatic N) is 3. The number of benzene rings is 1. The van der Waals surface area contributed by atoms with Crippen LogP contribution < -0.4 is 5.32 Å². The van der Waals surface area contributed by atoms with Crippen LogP contribution in [-0.2, 0) is 11.3 Å². The van der Waals surface area contributed by atoms with E-state index in [4.69, 9.17) is 4.74 Å². The summed E-state index contributed by atoms with van der Waals surface area (Å²) < 4.78 is 7.86. The molecule has 0 spiro atoms. The van der Waals surface area contributed by atoms with E-state index >= 15 is 0 Å². The number of nitrogens with one attached hydrogen (secondary N) is 2. The number of ether oxygens (including phenoxy) is 1. The number of para-hydroxylation sites is 1. The lowest BCUT2D eigenvalue weighted by molar-refractivity contribution is 0.0794. The van der Waals surface area contributed by atoms with Crippen molar-refractivity contribution in [3.8, 4) is 0 Å². The molecule has 3 aromatic rings. The summed E-state index contributed by atoms with van der Waals surface area (Å²) in [5.74, 6) is 0.0725. The van der Waals surface area contributed by atoms with Crippen LogP contribution in [0, 0.1) is 5.92 Å². The quantitative estimate of drug-likeness (QED) is 0.747. The van der Waals surface area contributed by atoms with Crippen LogP contribution in [0.15, 0.2) is 36.5 Å². The number of H-pyrrole nitrogens is 1. The van der Waals surface area contributed by atoms with Crippen molar-refractivity contribution in [2.24, 2.45) is 5.92 Å². The minimum Gasteiger partial charge on any atom is -0.372 e. The zero-order chi connectivity index (χ0) is 17.2. The second-order valence-electron chi connectivity index (χ2n) is 6.24. The monoisotopic (exact) mass is 339 g/mol. The van der Waals surface area contributed by atoms with Gasteiger partial charge in [-0.1, -0.05) is 18.2 Å². The Bertz CT molecular complexity index is 884. The number of fused-ring (bicyclic) bond motifs is 1. The third-order valence-corrected chi connectivity index (χ3v) is 4.76. The van der Waals surface area contributed by atoms with E-state index in [1.54, 1.807) is 6.20 Å². The number of hydrogen-bond donors (Lipinski definition) is 2. The Labute approximate surface area is 145 Å². The summed E-state index contributed by atoms with van der Waals surface area (Å²) in [4.78, 5) is 12.5. The van der Waals surface area contributed by atoms with Gasteiger partial charge in [-0.05, 0) is 25.5 Å². The van der Waals surface area contributed by atoms with Gasteiger partial charge in [0.2, 0.25) is 0 Å². The number of aromatic nitrogens is 4. The fraction of sp³-hybridized carbons (Fsp3) is 0.389. The average molecular weight is 339 g/mol. The summed E-state index contributed by atoms with van der Waals surface area (Å²) >= 11 is 0. The van der Waals surface area contributed by atoms with Gasteiger partial charge >= 0.3 is 0 Å². The Balaban J connectivity index is 1.46. The molecule has 3 heterocycles. The number of amides is 1. The highest BCUT2D eigenvalue weighted by atomic mass is 16.5. The fourth-order valence-electron chi connectivity index (χ4n) is 3.46. The lowest BCUT2D eigenvalue weighted by Crippen LogP contribution is -2.31. The molecule has 1 aromatic carbocycles. The van der Waals surface area contributed by atoms with Gasteiger partial charge in [0.1, 0.15) is 6.10 Å². The van der Waals surface area contributed by atoms with E-state index in [9.17, 15) is 4.79 Å². The molecule has 1 aliphatic rings. The van der Waals surface area contributed by atoms with Gasteiger partial charge in [-0.25, -0.2) is 0 Å².